The third-order valence-electron chi connectivity index (χ3n) is 2.72. The molecule has 1 aromatic rings. The standard InChI is InChI=1S/C15H20O6/c1-4-19-12-9-7-11(8-10-12)15(18,13(16)20-5-2)14(17)21-6-3/h7-10,18H,4-6H2,1-3H3. The second-order valence-electron chi connectivity index (χ2n) is 4.11. The molecule has 0 aromatic heterocycles. The van der Waals surface area contributed by atoms with Crippen LogP contribution in [0.15, 0.2) is 24.3 Å². The number of ether oxygens (including phenoxy) is 3. The number of carbonyl (C=O) groups is 2. The van der Waals surface area contributed by atoms with E-state index in [1.807, 2.05) is 6.92 Å². The van der Waals surface area contributed by atoms with E-state index in [0.717, 1.165) is 0 Å². The lowest BCUT2D eigenvalue weighted by molar-refractivity contribution is -0.184. The molecule has 0 saturated carbocycles. The summed E-state index contributed by atoms with van der Waals surface area (Å²) in [4.78, 5) is 24.0. The molecule has 1 aromatic carbocycles. The monoisotopic (exact) mass is 296 g/mol. The minimum atomic E-state index is -2.48. The predicted molar refractivity (Wildman–Crippen MR) is 74.8 cm³/mol. The maximum absolute atomic E-state index is 12.0. The van der Waals surface area contributed by atoms with Crippen molar-refractivity contribution in [3.8, 4) is 5.75 Å². The Balaban J connectivity index is 3.16. The van der Waals surface area contributed by atoms with Gasteiger partial charge in [-0.15, -0.1) is 0 Å². The van der Waals surface area contributed by atoms with Gasteiger partial charge in [-0.25, -0.2) is 9.59 Å². The van der Waals surface area contributed by atoms with Gasteiger partial charge in [0.2, 0.25) is 0 Å². The summed E-state index contributed by atoms with van der Waals surface area (Å²) in [5.74, 6) is -1.56. The van der Waals surface area contributed by atoms with E-state index in [0.29, 0.717) is 12.4 Å². The van der Waals surface area contributed by atoms with E-state index in [1.165, 1.54) is 12.1 Å². The van der Waals surface area contributed by atoms with Gasteiger partial charge in [-0.05, 0) is 32.9 Å². The highest BCUT2D eigenvalue weighted by Gasteiger charge is 2.49. The summed E-state index contributed by atoms with van der Waals surface area (Å²) >= 11 is 0. The molecular formula is C15H20O6. The maximum Gasteiger partial charge on any atom is 0.354 e. The third-order valence-corrected chi connectivity index (χ3v) is 2.72. The molecule has 0 saturated heterocycles. The fourth-order valence-corrected chi connectivity index (χ4v) is 1.75. The molecule has 0 radical (unpaired) electrons. The van der Waals surface area contributed by atoms with Crippen molar-refractivity contribution >= 4 is 11.9 Å². The van der Waals surface area contributed by atoms with Gasteiger partial charge in [0.25, 0.3) is 5.60 Å². The Bertz CT molecular complexity index is 461. The van der Waals surface area contributed by atoms with Crippen LogP contribution in [0.25, 0.3) is 0 Å². The molecule has 1 rings (SSSR count). The molecule has 0 bridgehead atoms. The second-order valence-corrected chi connectivity index (χ2v) is 4.11. The largest absolute Gasteiger partial charge is 0.494 e. The van der Waals surface area contributed by atoms with Crippen molar-refractivity contribution in [2.75, 3.05) is 19.8 Å². The minimum absolute atomic E-state index is 0.0393. The van der Waals surface area contributed by atoms with Crippen molar-refractivity contribution in [3.05, 3.63) is 29.8 Å². The summed E-state index contributed by atoms with van der Waals surface area (Å²) in [5, 5.41) is 10.5. The van der Waals surface area contributed by atoms with E-state index in [1.54, 1.807) is 26.0 Å². The van der Waals surface area contributed by atoms with Gasteiger partial charge < -0.3 is 19.3 Å². The number of hydrogen-bond acceptors (Lipinski definition) is 6. The summed E-state index contributed by atoms with van der Waals surface area (Å²) in [6.07, 6.45) is 0. The zero-order valence-electron chi connectivity index (χ0n) is 12.4. The van der Waals surface area contributed by atoms with E-state index in [9.17, 15) is 14.7 Å². The molecule has 0 fully saturated rings. The van der Waals surface area contributed by atoms with Gasteiger partial charge in [0.15, 0.2) is 0 Å². The van der Waals surface area contributed by atoms with Gasteiger partial charge in [-0.3, -0.25) is 0 Å². The molecular weight excluding hydrogens is 276 g/mol. The first-order chi connectivity index (χ1) is 10.00. The average Bonchev–Trinajstić information content (AvgIpc) is 2.48. The summed E-state index contributed by atoms with van der Waals surface area (Å²) in [6.45, 7) is 5.57. The molecule has 0 aliphatic heterocycles. The summed E-state index contributed by atoms with van der Waals surface area (Å²) in [6, 6.07) is 5.97. The van der Waals surface area contributed by atoms with Crippen molar-refractivity contribution in [2.24, 2.45) is 0 Å². The Morgan fingerprint density at radius 2 is 1.43 bits per heavy atom. The fraction of sp³-hybridized carbons (Fsp3) is 0.467. The van der Waals surface area contributed by atoms with Crippen LogP contribution < -0.4 is 4.74 Å². The van der Waals surface area contributed by atoms with E-state index < -0.39 is 17.5 Å². The van der Waals surface area contributed by atoms with E-state index in [-0.39, 0.29) is 18.8 Å². The maximum atomic E-state index is 12.0. The number of aliphatic hydroxyl groups is 1. The van der Waals surface area contributed by atoms with Crippen LogP contribution in [0.4, 0.5) is 0 Å². The minimum Gasteiger partial charge on any atom is -0.494 e. The van der Waals surface area contributed by atoms with Gasteiger partial charge in [0.1, 0.15) is 5.75 Å². The Kier molecular flexibility index (Phi) is 6.17. The molecule has 0 aliphatic carbocycles. The van der Waals surface area contributed by atoms with Crippen molar-refractivity contribution in [2.45, 2.75) is 26.4 Å². The Morgan fingerprint density at radius 1 is 0.952 bits per heavy atom. The zero-order valence-corrected chi connectivity index (χ0v) is 12.4. The highest BCUT2D eigenvalue weighted by molar-refractivity contribution is 6.04. The Morgan fingerprint density at radius 3 is 1.81 bits per heavy atom. The lowest BCUT2D eigenvalue weighted by atomic mass is 9.94. The van der Waals surface area contributed by atoms with Crippen LogP contribution in [0.5, 0.6) is 5.75 Å². The van der Waals surface area contributed by atoms with Gasteiger partial charge >= 0.3 is 11.9 Å². The molecule has 6 nitrogen and oxygen atoms in total. The lowest BCUT2D eigenvalue weighted by Crippen LogP contribution is -2.46. The first-order valence-corrected chi connectivity index (χ1v) is 6.80. The van der Waals surface area contributed by atoms with Crippen LogP contribution in [0.2, 0.25) is 0 Å². The zero-order chi connectivity index (χ0) is 15.9. The van der Waals surface area contributed by atoms with Crippen LogP contribution >= 0.6 is 0 Å². The average molecular weight is 296 g/mol. The fourth-order valence-electron chi connectivity index (χ4n) is 1.75. The Labute approximate surface area is 123 Å². The number of hydrogen-bond donors (Lipinski definition) is 1. The first-order valence-electron chi connectivity index (χ1n) is 6.80. The molecule has 6 heteroatoms. The third kappa shape index (κ3) is 3.72. The van der Waals surface area contributed by atoms with Crippen molar-refractivity contribution in [1.82, 2.24) is 0 Å². The second kappa shape index (κ2) is 7.64. The molecule has 116 valence electrons. The molecule has 21 heavy (non-hydrogen) atoms. The quantitative estimate of drug-likeness (QED) is 0.605. The van der Waals surface area contributed by atoms with Crippen molar-refractivity contribution in [3.63, 3.8) is 0 Å². The molecule has 0 spiro atoms. The van der Waals surface area contributed by atoms with Gasteiger partial charge in [0, 0.05) is 5.56 Å². The van der Waals surface area contributed by atoms with E-state index in [4.69, 9.17) is 14.2 Å². The predicted octanol–water partition coefficient (Wildman–Crippen LogP) is 1.40. The highest BCUT2D eigenvalue weighted by atomic mass is 16.6. The molecule has 0 amide bonds. The normalized spacial score (nSPS) is 10.9. The Hall–Kier alpha value is -2.08. The first kappa shape index (κ1) is 17.0. The topological polar surface area (TPSA) is 82.1 Å². The summed E-state index contributed by atoms with van der Waals surface area (Å²) in [7, 11) is 0. The van der Waals surface area contributed by atoms with Crippen molar-refractivity contribution < 1.29 is 28.9 Å². The number of rotatable bonds is 7. The molecule has 0 atom stereocenters. The lowest BCUT2D eigenvalue weighted by Gasteiger charge is -2.24. The summed E-state index contributed by atoms with van der Waals surface area (Å²) < 4.78 is 14.8. The molecule has 0 heterocycles. The van der Waals surface area contributed by atoms with Gasteiger partial charge in [-0.1, -0.05) is 12.1 Å². The number of benzene rings is 1. The highest BCUT2D eigenvalue weighted by Crippen LogP contribution is 2.27. The number of carbonyl (C=O) groups excluding carboxylic acids is 2. The number of esters is 2. The van der Waals surface area contributed by atoms with E-state index >= 15 is 0 Å². The molecule has 0 unspecified atom stereocenters. The van der Waals surface area contributed by atoms with E-state index in [2.05, 4.69) is 0 Å². The summed E-state index contributed by atoms with van der Waals surface area (Å²) in [5.41, 5.74) is -2.40. The van der Waals surface area contributed by atoms with Crippen LogP contribution in [-0.4, -0.2) is 36.9 Å². The molecule has 0 aliphatic rings. The van der Waals surface area contributed by atoms with Gasteiger partial charge in [0.05, 0.1) is 19.8 Å². The van der Waals surface area contributed by atoms with Gasteiger partial charge in [-0.2, -0.15) is 0 Å². The van der Waals surface area contributed by atoms with Crippen LogP contribution in [0.1, 0.15) is 26.3 Å². The smallest absolute Gasteiger partial charge is 0.354 e. The SMILES string of the molecule is CCOC(=O)C(O)(C(=O)OCC)c1ccc(OCC)cc1. The van der Waals surface area contributed by atoms with Crippen molar-refractivity contribution in [1.29, 1.82) is 0 Å². The molecule has 1 N–H and O–H groups in total. The van der Waals surface area contributed by atoms with Crippen LogP contribution in [0, 0.1) is 0 Å². The van der Waals surface area contributed by atoms with Crippen LogP contribution in [0.3, 0.4) is 0 Å². The van der Waals surface area contributed by atoms with Crippen LogP contribution in [-0.2, 0) is 24.7 Å².